The second-order valence-electron chi connectivity index (χ2n) is 3.17. The first-order valence-corrected chi connectivity index (χ1v) is 4.29. The van der Waals surface area contributed by atoms with Crippen LogP contribution < -0.4 is 0 Å². The first kappa shape index (κ1) is 8.10. The molecule has 3 heteroatoms. The Morgan fingerprint density at radius 2 is 2.15 bits per heavy atom. The largest absolute Gasteiger partial charge is 0.464 e. The minimum Gasteiger partial charge on any atom is -0.464 e. The van der Waals surface area contributed by atoms with Crippen LogP contribution in [0.1, 0.15) is 17.2 Å². The summed E-state index contributed by atoms with van der Waals surface area (Å²) in [7, 11) is 0. The summed E-state index contributed by atoms with van der Waals surface area (Å²) in [5, 5.41) is 4.27. The van der Waals surface area contributed by atoms with Gasteiger partial charge in [0.05, 0.1) is 12.2 Å². The smallest absolute Gasteiger partial charge is 0.125 e. The molecule has 0 aliphatic rings. The summed E-state index contributed by atoms with van der Waals surface area (Å²) in [6.07, 6.45) is 1.95. The molecule has 0 saturated heterocycles. The van der Waals surface area contributed by atoms with Crippen molar-refractivity contribution in [2.75, 3.05) is 0 Å². The zero-order chi connectivity index (χ0) is 9.26. The highest BCUT2D eigenvalue weighted by atomic mass is 16.3. The maximum atomic E-state index is 5.44. The van der Waals surface area contributed by atoms with Crippen LogP contribution in [0, 0.1) is 13.8 Å². The van der Waals surface area contributed by atoms with Gasteiger partial charge in [-0.3, -0.25) is 4.68 Å². The van der Waals surface area contributed by atoms with Crippen molar-refractivity contribution in [1.29, 1.82) is 0 Å². The van der Waals surface area contributed by atoms with Crippen molar-refractivity contribution >= 4 is 0 Å². The maximum absolute atomic E-state index is 5.44. The van der Waals surface area contributed by atoms with E-state index in [9.17, 15) is 0 Å². The molecule has 0 aliphatic heterocycles. The highest BCUT2D eigenvalue weighted by molar-refractivity contribution is 5.06. The van der Waals surface area contributed by atoms with Gasteiger partial charge in [-0.1, -0.05) is 0 Å². The van der Waals surface area contributed by atoms with Crippen LogP contribution in [0.2, 0.25) is 0 Å². The third-order valence-corrected chi connectivity index (χ3v) is 1.89. The quantitative estimate of drug-likeness (QED) is 0.702. The van der Waals surface area contributed by atoms with Crippen molar-refractivity contribution in [2.24, 2.45) is 0 Å². The molecule has 2 aromatic heterocycles. The number of rotatable bonds is 2. The van der Waals surface area contributed by atoms with E-state index >= 15 is 0 Å². The molecule has 0 unspecified atom stereocenters. The van der Waals surface area contributed by atoms with Gasteiger partial charge >= 0.3 is 0 Å². The Morgan fingerprint density at radius 1 is 1.31 bits per heavy atom. The summed E-state index contributed by atoms with van der Waals surface area (Å²) >= 11 is 0. The molecule has 0 bridgehead atoms. The van der Waals surface area contributed by atoms with Crippen molar-refractivity contribution < 1.29 is 4.42 Å². The summed E-state index contributed by atoms with van der Waals surface area (Å²) in [6.45, 7) is 4.63. The van der Waals surface area contributed by atoms with Gasteiger partial charge in [-0.15, -0.1) is 0 Å². The van der Waals surface area contributed by atoms with Gasteiger partial charge in [0.1, 0.15) is 11.5 Å². The zero-order valence-corrected chi connectivity index (χ0v) is 7.82. The van der Waals surface area contributed by atoms with Crippen molar-refractivity contribution in [2.45, 2.75) is 20.4 Å². The van der Waals surface area contributed by atoms with Gasteiger partial charge in [0, 0.05) is 6.20 Å². The van der Waals surface area contributed by atoms with E-state index < -0.39 is 0 Å². The van der Waals surface area contributed by atoms with Gasteiger partial charge in [0.25, 0.3) is 0 Å². The summed E-state index contributed by atoms with van der Waals surface area (Å²) < 4.78 is 7.30. The number of aryl methyl sites for hydroxylation is 2. The van der Waals surface area contributed by atoms with Crippen molar-refractivity contribution in [3.8, 4) is 0 Å². The molecule has 2 heterocycles. The SMILES string of the molecule is Cc1ccn(Cc2ccc(C)o2)n1. The van der Waals surface area contributed by atoms with Crippen LogP contribution >= 0.6 is 0 Å². The molecule has 0 aliphatic carbocycles. The fourth-order valence-corrected chi connectivity index (χ4v) is 1.28. The molecule has 0 radical (unpaired) electrons. The third-order valence-electron chi connectivity index (χ3n) is 1.89. The standard InChI is InChI=1S/C10H12N2O/c1-8-5-6-12(11-8)7-10-4-3-9(2)13-10/h3-6H,7H2,1-2H3. The molecule has 0 aromatic carbocycles. The van der Waals surface area contributed by atoms with Crippen LogP contribution in [0.4, 0.5) is 0 Å². The van der Waals surface area contributed by atoms with E-state index in [4.69, 9.17) is 4.42 Å². The van der Waals surface area contributed by atoms with Gasteiger partial charge in [0.2, 0.25) is 0 Å². The first-order chi connectivity index (χ1) is 6.24. The predicted octanol–water partition coefficient (Wildman–Crippen LogP) is 2.14. The van der Waals surface area contributed by atoms with Gasteiger partial charge in [-0.25, -0.2) is 0 Å². The van der Waals surface area contributed by atoms with E-state index in [1.54, 1.807) is 0 Å². The van der Waals surface area contributed by atoms with Gasteiger partial charge in [-0.2, -0.15) is 5.10 Å². The molecule has 0 N–H and O–H groups in total. The van der Waals surface area contributed by atoms with Crippen LogP contribution in [-0.2, 0) is 6.54 Å². The Bertz CT molecular complexity index is 362. The van der Waals surface area contributed by atoms with E-state index in [0.717, 1.165) is 17.2 Å². The molecule has 0 saturated carbocycles. The normalized spacial score (nSPS) is 10.6. The molecular formula is C10H12N2O. The lowest BCUT2D eigenvalue weighted by atomic mass is 10.4. The van der Waals surface area contributed by atoms with Crippen LogP contribution in [0.5, 0.6) is 0 Å². The van der Waals surface area contributed by atoms with E-state index in [-0.39, 0.29) is 0 Å². The molecule has 2 aromatic rings. The predicted molar refractivity (Wildman–Crippen MR) is 49.5 cm³/mol. The van der Waals surface area contributed by atoms with Crippen LogP contribution in [-0.4, -0.2) is 9.78 Å². The second kappa shape index (κ2) is 3.09. The lowest BCUT2D eigenvalue weighted by molar-refractivity contribution is 0.458. The minimum absolute atomic E-state index is 0.710. The molecule has 2 rings (SSSR count). The number of hydrogen-bond donors (Lipinski definition) is 0. The van der Waals surface area contributed by atoms with Crippen molar-refractivity contribution in [3.05, 3.63) is 41.6 Å². The van der Waals surface area contributed by atoms with Gasteiger partial charge < -0.3 is 4.42 Å². The molecule has 68 valence electrons. The third kappa shape index (κ3) is 1.80. The Labute approximate surface area is 77.0 Å². The fraction of sp³-hybridized carbons (Fsp3) is 0.300. The topological polar surface area (TPSA) is 31.0 Å². The van der Waals surface area contributed by atoms with Crippen LogP contribution in [0.25, 0.3) is 0 Å². The van der Waals surface area contributed by atoms with Crippen LogP contribution in [0.3, 0.4) is 0 Å². The maximum Gasteiger partial charge on any atom is 0.125 e. The summed E-state index contributed by atoms with van der Waals surface area (Å²) in [6, 6.07) is 5.92. The molecule has 13 heavy (non-hydrogen) atoms. The fourth-order valence-electron chi connectivity index (χ4n) is 1.28. The number of nitrogens with zero attached hydrogens (tertiary/aromatic N) is 2. The molecule has 0 spiro atoms. The molecular weight excluding hydrogens is 164 g/mol. The summed E-state index contributed by atoms with van der Waals surface area (Å²) in [5.41, 5.74) is 1.03. The second-order valence-corrected chi connectivity index (χ2v) is 3.17. The van der Waals surface area contributed by atoms with E-state index in [2.05, 4.69) is 5.10 Å². The molecule has 0 atom stereocenters. The first-order valence-electron chi connectivity index (χ1n) is 4.29. The molecule has 0 fully saturated rings. The lowest BCUT2D eigenvalue weighted by Crippen LogP contribution is -1.98. The average Bonchev–Trinajstić information content (AvgIpc) is 2.62. The number of hydrogen-bond acceptors (Lipinski definition) is 2. The summed E-state index contributed by atoms with van der Waals surface area (Å²) in [4.78, 5) is 0. The van der Waals surface area contributed by atoms with Gasteiger partial charge in [0.15, 0.2) is 0 Å². The Hall–Kier alpha value is -1.51. The average molecular weight is 176 g/mol. The number of aromatic nitrogens is 2. The Balaban J connectivity index is 2.14. The highest BCUT2D eigenvalue weighted by Crippen LogP contribution is 2.07. The zero-order valence-electron chi connectivity index (χ0n) is 7.82. The highest BCUT2D eigenvalue weighted by Gasteiger charge is 2.00. The Morgan fingerprint density at radius 3 is 2.69 bits per heavy atom. The monoisotopic (exact) mass is 176 g/mol. The lowest BCUT2D eigenvalue weighted by Gasteiger charge is -1.96. The van der Waals surface area contributed by atoms with E-state index in [1.165, 1.54) is 0 Å². The van der Waals surface area contributed by atoms with Crippen molar-refractivity contribution in [3.63, 3.8) is 0 Å². The minimum atomic E-state index is 0.710. The summed E-state index contributed by atoms with van der Waals surface area (Å²) in [5.74, 6) is 1.89. The molecule has 3 nitrogen and oxygen atoms in total. The van der Waals surface area contributed by atoms with Crippen molar-refractivity contribution in [1.82, 2.24) is 9.78 Å². The number of furan rings is 1. The Kier molecular flexibility index (Phi) is 1.93. The van der Waals surface area contributed by atoms with E-state index in [1.807, 2.05) is 42.9 Å². The van der Waals surface area contributed by atoms with E-state index in [0.29, 0.717) is 6.54 Å². The molecule has 0 amide bonds. The van der Waals surface area contributed by atoms with Gasteiger partial charge in [-0.05, 0) is 32.0 Å². The van der Waals surface area contributed by atoms with Crippen LogP contribution in [0.15, 0.2) is 28.8 Å².